The summed E-state index contributed by atoms with van der Waals surface area (Å²) in [5.41, 5.74) is 5.07. The van der Waals surface area contributed by atoms with E-state index in [4.69, 9.17) is 0 Å². The zero-order valence-electron chi connectivity index (χ0n) is 15.9. The topological polar surface area (TPSA) is 78.8 Å². The van der Waals surface area contributed by atoms with E-state index in [0.717, 1.165) is 17.4 Å². The Labute approximate surface area is 170 Å². The largest absolute Gasteiger partial charge is 0.271 e. The summed E-state index contributed by atoms with van der Waals surface area (Å²) < 4.78 is 25.8. The van der Waals surface area contributed by atoms with Crippen molar-refractivity contribution in [1.29, 1.82) is 0 Å². The third kappa shape index (κ3) is 5.76. The number of rotatable bonds is 7. The standard InChI is InChI=1S/C22H21N3O3S/c1-29(27,28)25(17-19-10-6-3-7-11-19)21-14-12-20(13-15-21)22(26)24-23-16-18-8-4-2-5-9-18/h2-16H,17H2,1H3,(H,24,26). The highest BCUT2D eigenvalue weighted by Gasteiger charge is 2.18. The molecule has 0 saturated carbocycles. The normalized spacial score (nSPS) is 11.3. The predicted molar refractivity (Wildman–Crippen MR) is 115 cm³/mol. The summed E-state index contributed by atoms with van der Waals surface area (Å²) in [6.07, 6.45) is 2.71. The number of nitrogens with one attached hydrogen (secondary N) is 1. The van der Waals surface area contributed by atoms with E-state index in [-0.39, 0.29) is 12.5 Å². The molecule has 0 radical (unpaired) electrons. The van der Waals surface area contributed by atoms with E-state index in [1.807, 2.05) is 60.7 Å². The number of hydrazone groups is 1. The Kier molecular flexibility index (Phi) is 6.41. The van der Waals surface area contributed by atoms with Crippen LogP contribution in [0, 0.1) is 0 Å². The van der Waals surface area contributed by atoms with Gasteiger partial charge in [-0.2, -0.15) is 5.10 Å². The van der Waals surface area contributed by atoms with Gasteiger partial charge in [-0.05, 0) is 35.4 Å². The molecule has 0 unspecified atom stereocenters. The summed E-state index contributed by atoms with van der Waals surface area (Å²) >= 11 is 0. The third-order valence-electron chi connectivity index (χ3n) is 4.17. The molecule has 29 heavy (non-hydrogen) atoms. The highest BCUT2D eigenvalue weighted by molar-refractivity contribution is 7.92. The van der Waals surface area contributed by atoms with Crippen LogP contribution in [-0.2, 0) is 16.6 Å². The van der Waals surface area contributed by atoms with Crippen molar-refractivity contribution < 1.29 is 13.2 Å². The molecule has 0 aliphatic heterocycles. The monoisotopic (exact) mass is 407 g/mol. The average Bonchev–Trinajstić information content (AvgIpc) is 2.73. The lowest BCUT2D eigenvalue weighted by atomic mass is 10.2. The summed E-state index contributed by atoms with van der Waals surface area (Å²) in [5, 5.41) is 3.94. The Morgan fingerprint density at radius 2 is 1.52 bits per heavy atom. The Morgan fingerprint density at radius 1 is 0.931 bits per heavy atom. The van der Waals surface area contributed by atoms with Crippen molar-refractivity contribution >= 4 is 27.8 Å². The lowest BCUT2D eigenvalue weighted by Crippen LogP contribution is -2.29. The van der Waals surface area contributed by atoms with Crippen molar-refractivity contribution in [3.63, 3.8) is 0 Å². The minimum absolute atomic E-state index is 0.215. The van der Waals surface area contributed by atoms with Crippen LogP contribution in [0.15, 0.2) is 90.0 Å². The second kappa shape index (κ2) is 9.16. The fourth-order valence-electron chi connectivity index (χ4n) is 2.70. The maximum absolute atomic E-state index is 12.3. The van der Waals surface area contributed by atoms with Gasteiger partial charge >= 0.3 is 0 Å². The third-order valence-corrected chi connectivity index (χ3v) is 5.31. The van der Waals surface area contributed by atoms with E-state index >= 15 is 0 Å². The van der Waals surface area contributed by atoms with Crippen molar-refractivity contribution in [1.82, 2.24) is 5.43 Å². The lowest BCUT2D eigenvalue weighted by Gasteiger charge is -2.22. The first-order chi connectivity index (χ1) is 13.9. The van der Waals surface area contributed by atoms with Gasteiger partial charge < -0.3 is 0 Å². The Morgan fingerprint density at radius 3 is 2.10 bits per heavy atom. The lowest BCUT2D eigenvalue weighted by molar-refractivity contribution is 0.0955. The van der Waals surface area contributed by atoms with Gasteiger partial charge in [0.15, 0.2) is 0 Å². The molecule has 0 spiro atoms. The van der Waals surface area contributed by atoms with Crippen molar-refractivity contribution in [2.45, 2.75) is 6.54 Å². The van der Waals surface area contributed by atoms with Gasteiger partial charge in [0.25, 0.3) is 5.91 Å². The number of carbonyl (C=O) groups is 1. The van der Waals surface area contributed by atoms with Crippen LogP contribution in [0.5, 0.6) is 0 Å². The summed E-state index contributed by atoms with van der Waals surface area (Å²) in [6.45, 7) is 0.215. The molecule has 148 valence electrons. The van der Waals surface area contributed by atoms with Crippen LogP contribution < -0.4 is 9.73 Å². The van der Waals surface area contributed by atoms with Gasteiger partial charge in [-0.25, -0.2) is 13.8 Å². The summed E-state index contributed by atoms with van der Waals surface area (Å²) in [6, 6.07) is 25.1. The van der Waals surface area contributed by atoms with Gasteiger partial charge in [-0.15, -0.1) is 0 Å². The van der Waals surface area contributed by atoms with Crippen LogP contribution >= 0.6 is 0 Å². The summed E-state index contributed by atoms with van der Waals surface area (Å²) in [4.78, 5) is 12.2. The molecule has 0 heterocycles. The SMILES string of the molecule is CS(=O)(=O)N(Cc1ccccc1)c1ccc(C(=O)NN=Cc2ccccc2)cc1. The first-order valence-electron chi connectivity index (χ1n) is 8.93. The summed E-state index contributed by atoms with van der Waals surface area (Å²) in [5.74, 6) is -0.377. The zero-order chi connectivity index (χ0) is 20.7. The van der Waals surface area contributed by atoms with E-state index in [1.165, 1.54) is 4.31 Å². The number of hydrogen-bond acceptors (Lipinski definition) is 4. The van der Waals surface area contributed by atoms with Crippen molar-refractivity contribution in [2.24, 2.45) is 5.10 Å². The number of hydrogen-bond donors (Lipinski definition) is 1. The van der Waals surface area contributed by atoms with E-state index in [2.05, 4.69) is 10.5 Å². The molecule has 0 bridgehead atoms. The fourth-order valence-corrected chi connectivity index (χ4v) is 3.59. The predicted octanol–water partition coefficient (Wildman–Crippen LogP) is 3.42. The van der Waals surface area contributed by atoms with E-state index in [1.54, 1.807) is 30.5 Å². The molecule has 0 aliphatic rings. The van der Waals surface area contributed by atoms with Crippen molar-refractivity contribution in [2.75, 3.05) is 10.6 Å². The van der Waals surface area contributed by atoms with Crippen molar-refractivity contribution in [3.8, 4) is 0 Å². The molecule has 0 aromatic heterocycles. The molecule has 3 rings (SSSR count). The van der Waals surface area contributed by atoms with Crippen LogP contribution in [0.2, 0.25) is 0 Å². The number of sulfonamides is 1. The molecule has 1 N–H and O–H groups in total. The van der Waals surface area contributed by atoms with Crippen LogP contribution in [0.1, 0.15) is 21.5 Å². The van der Waals surface area contributed by atoms with E-state index in [9.17, 15) is 13.2 Å². The molecule has 1 amide bonds. The van der Waals surface area contributed by atoms with Crippen LogP contribution in [0.25, 0.3) is 0 Å². The van der Waals surface area contributed by atoms with Crippen LogP contribution in [-0.4, -0.2) is 26.8 Å². The fraction of sp³-hybridized carbons (Fsp3) is 0.0909. The average molecular weight is 407 g/mol. The van der Waals surface area contributed by atoms with Crippen LogP contribution in [0.4, 0.5) is 5.69 Å². The van der Waals surface area contributed by atoms with Gasteiger partial charge in [0.1, 0.15) is 0 Å². The minimum atomic E-state index is -3.48. The second-order valence-electron chi connectivity index (χ2n) is 6.41. The molecule has 0 fully saturated rings. The number of anilines is 1. The first-order valence-corrected chi connectivity index (χ1v) is 10.8. The highest BCUT2D eigenvalue weighted by atomic mass is 32.2. The Balaban J connectivity index is 1.71. The molecule has 3 aromatic carbocycles. The molecule has 6 nitrogen and oxygen atoms in total. The summed E-state index contributed by atoms with van der Waals surface area (Å²) in [7, 11) is -3.48. The Hall–Kier alpha value is -3.45. The second-order valence-corrected chi connectivity index (χ2v) is 8.32. The molecule has 0 atom stereocenters. The molecule has 7 heteroatoms. The maximum atomic E-state index is 12.3. The first kappa shape index (κ1) is 20.3. The quantitative estimate of drug-likeness (QED) is 0.481. The van der Waals surface area contributed by atoms with Gasteiger partial charge in [0.05, 0.1) is 24.7 Å². The minimum Gasteiger partial charge on any atom is -0.267 e. The number of nitrogens with zero attached hydrogens (tertiary/aromatic N) is 2. The zero-order valence-corrected chi connectivity index (χ0v) is 16.7. The van der Waals surface area contributed by atoms with E-state index < -0.39 is 10.0 Å². The molecule has 0 aliphatic carbocycles. The number of benzene rings is 3. The van der Waals surface area contributed by atoms with Crippen molar-refractivity contribution in [3.05, 3.63) is 102 Å². The van der Waals surface area contributed by atoms with Gasteiger partial charge in [-0.1, -0.05) is 60.7 Å². The van der Waals surface area contributed by atoms with Gasteiger partial charge in [-0.3, -0.25) is 9.10 Å². The molecular weight excluding hydrogens is 386 g/mol. The molecule has 3 aromatic rings. The van der Waals surface area contributed by atoms with Crippen LogP contribution in [0.3, 0.4) is 0 Å². The van der Waals surface area contributed by atoms with Gasteiger partial charge in [0.2, 0.25) is 10.0 Å². The Bertz CT molecular complexity index is 1080. The van der Waals surface area contributed by atoms with E-state index in [0.29, 0.717) is 11.3 Å². The number of amides is 1. The highest BCUT2D eigenvalue weighted by Crippen LogP contribution is 2.21. The van der Waals surface area contributed by atoms with Gasteiger partial charge in [0, 0.05) is 5.56 Å². The molecular formula is C22H21N3O3S. The number of carbonyl (C=O) groups excluding carboxylic acids is 1. The smallest absolute Gasteiger partial charge is 0.267 e. The maximum Gasteiger partial charge on any atom is 0.271 e. The molecule has 0 saturated heterocycles.